The van der Waals surface area contributed by atoms with Gasteiger partial charge in [-0.3, -0.25) is 0 Å². The fourth-order valence-electron chi connectivity index (χ4n) is 1.26. The Balaban J connectivity index is 2.80. The molecule has 0 fully saturated rings. The minimum atomic E-state index is 0.375. The van der Waals surface area contributed by atoms with E-state index in [9.17, 15) is 0 Å². The second-order valence-electron chi connectivity index (χ2n) is 2.71. The van der Waals surface area contributed by atoms with Crippen molar-refractivity contribution < 1.29 is 0 Å². The highest BCUT2D eigenvalue weighted by molar-refractivity contribution is 5.77. The molecular formula is C8H10N4. The van der Waals surface area contributed by atoms with E-state index < -0.39 is 0 Å². The Labute approximate surface area is 70.0 Å². The summed E-state index contributed by atoms with van der Waals surface area (Å²) in [5.74, 6) is 0. The molecule has 12 heavy (non-hydrogen) atoms. The van der Waals surface area contributed by atoms with Gasteiger partial charge in [-0.25, -0.2) is 4.68 Å². The lowest BCUT2D eigenvalue weighted by molar-refractivity contribution is 0.627. The third-order valence-corrected chi connectivity index (χ3v) is 1.92. The van der Waals surface area contributed by atoms with Gasteiger partial charge in [0.05, 0.1) is 12.2 Å². The van der Waals surface area contributed by atoms with Crippen molar-refractivity contribution in [1.82, 2.24) is 15.0 Å². The van der Waals surface area contributed by atoms with Crippen LogP contribution in [0.2, 0.25) is 0 Å². The van der Waals surface area contributed by atoms with Gasteiger partial charge in [0.25, 0.3) is 0 Å². The summed E-state index contributed by atoms with van der Waals surface area (Å²) in [6.07, 6.45) is 0. The minimum absolute atomic E-state index is 0.375. The average Bonchev–Trinajstić information content (AvgIpc) is 2.49. The molecule has 0 aliphatic carbocycles. The Bertz CT molecular complexity index is 404. The van der Waals surface area contributed by atoms with Crippen LogP contribution in [0.15, 0.2) is 18.2 Å². The monoisotopic (exact) mass is 162 g/mol. The first-order chi connectivity index (χ1) is 5.83. The van der Waals surface area contributed by atoms with Gasteiger partial charge in [0.1, 0.15) is 5.52 Å². The lowest BCUT2D eigenvalue weighted by Crippen LogP contribution is -2.08. The van der Waals surface area contributed by atoms with Gasteiger partial charge in [-0.05, 0) is 18.6 Å². The van der Waals surface area contributed by atoms with E-state index in [0.717, 1.165) is 16.6 Å². The van der Waals surface area contributed by atoms with Crippen molar-refractivity contribution >= 4 is 11.0 Å². The zero-order chi connectivity index (χ0) is 8.55. The molecule has 2 aromatic rings. The normalized spacial score (nSPS) is 10.8. The Kier molecular flexibility index (Phi) is 1.55. The van der Waals surface area contributed by atoms with Crippen LogP contribution in [0.3, 0.4) is 0 Å². The van der Waals surface area contributed by atoms with Crippen molar-refractivity contribution in [3.8, 4) is 0 Å². The lowest BCUT2D eigenvalue weighted by Gasteiger charge is -1.96. The first-order valence-corrected chi connectivity index (χ1v) is 3.82. The molecule has 0 atom stereocenters. The fraction of sp³-hybridized carbons (Fsp3) is 0.250. The maximum Gasteiger partial charge on any atom is 0.116 e. The minimum Gasteiger partial charge on any atom is -0.312 e. The first kappa shape index (κ1) is 7.24. The van der Waals surface area contributed by atoms with E-state index in [1.807, 2.05) is 25.1 Å². The van der Waals surface area contributed by atoms with Gasteiger partial charge in [0.15, 0.2) is 0 Å². The summed E-state index contributed by atoms with van der Waals surface area (Å²) >= 11 is 0. The van der Waals surface area contributed by atoms with E-state index >= 15 is 0 Å². The molecule has 2 rings (SSSR count). The molecule has 4 heteroatoms. The number of rotatable bonds is 1. The van der Waals surface area contributed by atoms with Crippen LogP contribution < -0.4 is 5.73 Å². The number of aryl methyl sites for hydroxylation is 1. The van der Waals surface area contributed by atoms with Crippen molar-refractivity contribution in [3.63, 3.8) is 0 Å². The number of benzene rings is 1. The van der Waals surface area contributed by atoms with Crippen LogP contribution in [0, 0.1) is 6.92 Å². The molecule has 0 amide bonds. The molecule has 0 saturated carbocycles. The van der Waals surface area contributed by atoms with Crippen molar-refractivity contribution in [2.24, 2.45) is 5.73 Å². The van der Waals surface area contributed by atoms with Crippen molar-refractivity contribution in [3.05, 3.63) is 23.8 Å². The number of fused-ring (bicyclic) bond motifs is 1. The average molecular weight is 162 g/mol. The Hall–Kier alpha value is -1.42. The molecule has 0 radical (unpaired) electrons. The predicted octanol–water partition coefficient (Wildman–Crippen LogP) is 0.656. The predicted molar refractivity (Wildman–Crippen MR) is 46.5 cm³/mol. The van der Waals surface area contributed by atoms with E-state index in [2.05, 4.69) is 10.3 Å². The molecule has 1 aromatic carbocycles. The highest BCUT2D eigenvalue weighted by Gasteiger charge is 2.03. The SMILES string of the molecule is Cc1cccc2c1nnn2CN. The molecule has 0 spiro atoms. The van der Waals surface area contributed by atoms with Crippen LogP contribution >= 0.6 is 0 Å². The van der Waals surface area contributed by atoms with Gasteiger partial charge in [-0.2, -0.15) is 0 Å². The third-order valence-electron chi connectivity index (χ3n) is 1.92. The smallest absolute Gasteiger partial charge is 0.116 e. The van der Waals surface area contributed by atoms with Crippen LogP contribution in [0.25, 0.3) is 11.0 Å². The standard InChI is InChI=1S/C8H10N4/c1-6-3-2-4-7-8(6)10-11-12(7)5-9/h2-4H,5,9H2,1H3. The van der Waals surface area contributed by atoms with Crippen LogP contribution in [0.5, 0.6) is 0 Å². The largest absolute Gasteiger partial charge is 0.312 e. The van der Waals surface area contributed by atoms with E-state index in [1.165, 1.54) is 0 Å². The molecule has 4 nitrogen and oxygen atoms in total. The molecule has 62 valence electrons. The maximum absolute atomic E-state index is 5.47. The Morgan fingerprint density at radius 2 is 2.33 bits per heavy atom. The summed E-state index contributed by atoms with van der Waals surface area (Å²) in [5.41, 5.74) is 8.53. The number of nitrogens with two attached hydrogens (primary N) is 1. The van der Waals surface area contributed by atoms with Crippen LogP contribution in [0.1, 0.15) is 5.56 Å². The summed E-state index contributed by atoms with van der Waals surface area (Å²) < 4.78 is 1.68. The third kappa shape index (κ3) is 0.887. The quantitative estimate of drug-likeness (QED) is 0.670. The molecule has 1 heterocycles. The molecule has 0 saturated heterocycles. The highest BCUT2D eigenvalue weighted by atomic mass is 15.4. The molecule has 1 aromatic heterocycles. The zero-order valence-electron chi connectivity index (χ0n) is 6.86. The maximum atomic E-state index is 5.47. The Morgan fingerprint density at radius 1 is 1.50 bits per heavy atom. The van der Waals surface area contributed by atoms with Crippen molar-refractivity contribution in [2.45, 2.75) is 13.6 Å². The highest BCUT2D eigenvalue weighted by Crippen LogP contribution is 2.13. The summed E-state index contributed by atoms with van der Waals surface area (Å²) in [6.45, 7) is 2.39. The van der Waals surface area contributed by atoms with Gasteiger partial charge in [-0.1, -0.05) is 17.3 Å². The number of aromatic nitrogens is 3. The van der Waals surface area contributed by atoms with Gasteiger partial charge in [-0.15, -0.1) is 5.10 Å². The molecule has 2 N–H and O–H groups in total. The van der Waals surface area contributed by atoms with Gasteiger partial charge >= 0.3 is 0 Å². The fourth-order valence-corrected chi connectivity index (χ4v) is 1.26. The first-order valence-electron chi connectivity index (χ1n) is 3.82. The van der Waals surface area contributed by atoms with Gasteiger partial charge < -0.3 is 5.73 Å². The topological polar surface area (TPSA) is 56.7 Å². The number of hydrogen-bond acceptors (Lipinski definition) is 3. The summed E-state index contributed by atoms with van der Waals surface area (Å²) in [5, 5.41) is 7.94. The van der Waals surface area contributed by atoms with Crippen molar-refractivity contribution in [1.29, 1.82) is 0 Å². The number of hydrogen-bond donors (Lipinski definition) is 1. The lowest BCUT2D eigenvalue weighted by atomic mass is 10.2. The van der Waals surface area contributed by atoms with E-state index in [4.69, 9.17) is 5.73 Å². The molecule has 0 aliphatic rings. The zero-order valence-corrected chi connectivity index (χ0v) is 6.86. The Morgan fingerprint density at radius 3 is 3.08 bits per heavy atom. The molecule has 0 aliphatic heterocycles. The second-order valence-corrected chi connectivity index (χ2v) is 2.71. The second kappa shape index (κ2) is 2.57. The van der Waals surface area contributed by atoms with E-state index in [1.54, 1.807) is 4.68 Å². The van der Waals surface area contributed by atoms with Gasteiger partial charge in [0, 0.05) is 0 Å². The van der Waals surface area contributed by atoms with Crippen molar-refractivity contribution in [2.75, 3.05) is 0 Å². The van der Waals surface area contributed by atoms with Crippen LogP contribution in [-0.2, 0) is 6.67 Å². The van der Waals surface area contributed by atoms with Gasteiger partial charge in [0.2, 0.25) is 0 Å². The van der Waals surface area contributed by atoms with E-state index in [-0.39, 0.29) is 0 Å². The summed E-state index contributed by atoms with van der Waals surface area (Å²) in [6, 6.07) is 5.96. The molecule has 0 bridgehead atoms. The molecule has 0 unspecified atom stereocenters. The van der Waals surface area contributed by atoms with Crippen LogP contribution in [-0.4, -0.2) is 15.0 Å². The molecular weight excluding hydrogens is 152 g/mol. The summed E-state index contributed by atoms with van der Waals surface area (Å²) in [7, 11) is 0. The van der Waals surface area contributed by atoms with Crippen LogP contribution in [0.4, 0.5) is 0 Å². The number of nitrogens with zero attached hydrogens (tertiary/aromatic N) is 3. The van der Waals surface area contributed by atoms with E-state index in [0.29, 0.717) is 6.67 Å². The summed E-state index contributed by atoms with van der Waals surface area (Å²) in [4.78, 5) is 0.